The van der Waals surface area contributed by atoms with Crippen LogP contribution in [0.25, 0.3) is 0 Å². The molecule has 0 atom stereocenters. The number of amides is 1. The number of rotatable bonds is 3. The molecule has 3 heterocycles. The van der Waals surface area contributed by atoms with Crippen molar-refractivity contribution in [3.63, 3.8) is 0 Å². The van der Waals surface area contributed by atoms with Gasteiger partial charge in [0.2, 0.25) is 12.7 Å². The van der Waals surface area contributed by atoms with Crippen LogP contribution in [0.5, 0.6) is 11.5 Å². The highest BCUT2D eigenvalue weighted by atomic mass is 16.7. The Morgan fingerprint density at radius 1 is 1.14 bits per heavy atom. The summed E-state index contributed by atoms with van der Waals surface area (Å²) in [4.78, 5) is 13.9. The molecular weight excluding hydrogens is 286 g/mol. The maximum atomic E-state index is 12.2. The molecule has 2 aliphatic heterocycles. The zero-order valence-corrected chi connectivity index (χ0v) is 11.9. The zero-order valence-electron chi connectivity index (χ0n) is 11.9. The lowest BCUT2D eigenvalue weighted by Gasteiger charge is -2.11. The van der Waals surface area contributed by atoms with Crippen LogP contribution in [-0.4, -0.2) is 40.9 Å². The SMILES string of the molecule is O=C(c1nnc(Cc2ccc3c(c2)OCO3)o1)N1CCCC1. The summed E-state index contributed by atoms with van der Waals surface area (Å²) in [7, 11) is 0. The van der Waals surface area contributed by atoms with E-state index in [1.165, 1.54) is 0 Å². The third-order valence-electron chi connectivity index (χ3n) is 3.84. The Morgan fingerprint density at radius 3 is 2.82 bits per heavy atom. The van der Waals surface area contributed by atoms with E-state index in [-0.39, 0.29) is 18.6 Å². The smallest absolute Gasteiger partial charge is 0.311 e. The molecule has 4 rings (SSSR count). The number of carbonyl (C=O) groups is 1. The molecule has 2 aliphatic rings. The number of hydrogen-bond acceptors (Lipinski definition) is 6. The first kappa shape index (κ1) is 13.1. The fourth-order valence-electron chi connectivity index (χ4n) is 2.69. The van der Waals surface area contributed by atoms with Gasteiger partial charge in [0.25, 0.3) is 0 Å². The molecule has 0 saturated carbocycles. The first-order valence-electron chi connectivity index (χ1n) is 7.30. The molecule has 7 nitrogen and oxygen atoms in total. The first-order chi connectivity index (χ1) is 10.8. The van der Waals surface area contributed by atoms with Gasteiger partial charge in [0, 0.05) is 13.1 Å². The van der Waals surface area contributed by atoms with Crippen LogP contribution in [0, 0.1) is 0 Å². The van der Waals surface area contributed by atoms with Gasteiger partial charge in [-0.1, -0.05) is 6.07 Å². The standard InChI is InChI=1S/C15H15N3O4/c19-15(18-5-1-2-6-18)14-17-16-13(22-14)8-10-3-4-11-12(7-10)21-9-20-11/h3-4,7H,1-2,5-6,8-9H2. The van der Waals surface area contributed by atoms with Crippen LogP contribution in [0.1, 0.15) is 35.0 Å². The highest BCUT2D eigenvalue weighted by Crippen LogP contribution is 2.33. The second-order valence-corrected chi connectivity index (χ2v) is 5.36. The molecule has 1 amide bonds. The minimum atomic E-state index is -0.179. The molecular formula is C15H15N3O4. The number of likely N-dealkylation sites (tertiary alicyclic amines) is 1. The van der Waals surface area contributed by atoms with Crippen molar-refractivity contribution in [1.29, 1.82) is 0 Å². The monoisotopic (exact) mass is 301 g/mol. The molecule has 114 valence electrons. The highest BCUT2D eigenvalue weighted by Gasteiger charge is 2.24. The Kier molecular flexibility index (Phi) is 3.17. The molecule has 0 unspecified atom stereocenters. The largest absolute Gasteiger partial charge is 0.454 e. The van der Waals surface area contributed by atoms with Gasteiger partial charge in [-0.05, 0) is 30.5 Å². The van der Waals surface area contributed by atoms with Crippen LogP contribution >= 0.6 is 0 Å². The van der Waals surface area contributed by atoms with E-state index < -0.39 is 0 Å². The Labute approximate surface area is 126 Å². The zero-order chi connectivity index (χ0) is 14.9. The van der Waals surface area contributed by atoms with Crippen LogP contribution in [0.2, 0.25) is 0 Å². The average Bonchev–Trinajstić information content (AvgIpc) is 3.27. The topological polar surface area (TPSA) is 77.7 Å². The summed E-state index contributed by atoms with van der Waals surface area (Å²) >= 11 is 0. The molecule has 22 heavy (non-hydrogen) atoms. The fraction of sp³-hybridized carbons (Fsp3) is 0.400. The van der Waals surface area contributed by atoms with Gasteiger partial charge < -0.3 is 18.8 Å². The number of nitrogens with zero attached hydrogens (tertiary/aromatic N) is 3. The second-order valence-electron chi connectivity index (χ2n) is 5.36. The van der Waals surface area contributed by atoms with Gasteiger partial charge in [0.05, 0.1) is 6.42 Å². The molecule has 0 aliphatic carbocycles. The van der Waals surface area contributed by atoms with Crippen molar-refractivity contribution in [3.8, 4) is 11.5 Å². The van der Waals surface area contributed by atoms with Gasteiger partial charge in [0.1, 0.15) is 0 Å². The average molecular weight is 301 g/mol. The molecule has 2 aromatic rings. The molecule has 1 fully saturated rings. The molecule has 0 bridgehead atoms. The van der Waals surface area contributed by atoms with E-state index in [9.17, 15) is 4.79 Å². The van der Waals surface area contributed by atoms with Gasteiger partial charge in [-0.25, -0.2) is 0 Å². The van der Waals surface area contributed by atoms with E-state index >= 15 is 0 Å². The minimum Gasteiger partial charge on any atom is -0.454 e. The van der Waals surface area contributed by atoms with Crippen LogP contribution in [-0.2, 0) is 6.42 Å². The molecule has 1 aromatic carbocycles. The molecule has 0 spiro atoms. The number of carbonyl (C=O) groups excluding carboxylic acids is 1. The van der Waals surface area contributed by atoms with Crippen LogP contribution in [0.3, 0.4) is 0 Å². The van der Waals surface area contributed by atoms with E-state index in [2.05, 4.69) is 10.2 Å². The van der Waals surface area contributed by atoms with E-state index in [1.54, 1.807) is 4.90 Å². The van der Waals surface area contributed by atoms with E-state index in [4.69, 9.17) is 13.9 Å². The van der Waals surface area contributed by atoms with Crippen molar-refractivity contribution in [3.05, 3.63) is 35.5 Å². The van der Waals surface area contributed by atoms with Crippen molar-refractivity contribution >= 4 is 5.91 Å². The van der Waals surface area contributed by atoms with Gasteiger partial charge in [-0.3, -0.25) is 4.79 Å². The summed E-state index contributed by atoms with van der Waals surface area (Å²) in [6, 6.07) is 5.65. The van der Waals surface area contributed by atoms with E-state index in [0.29, 0.717) is 18.1 Å². The molecule has 1 saturated heterocycles. The van der Waals surface area contributed by atoms with Gasteiger partial charge in [-0.15, -0.1) is 10.2 Å². The number of fused-ring (bicyclic) bond motifs is 1. The van der Waals surface area contributed by atoms with Crippen LogP contribution in [0.15, 0.2) is 22.6 Å². The summed E-state index contributed by atoms with van der Waals surface area (Å²) in [5.74, 6) is 1.76. The van der Waals surface area contributed by atoms with Crippen LogP contribution < -0.4 is 9.47 Å². The molecule has 7 heteroatoms. The second kappa shape index (κ2) is 5.32. The number of hydrogen-bond donors (Lipinski definition) is 0. The van der Waals surface area contributed by atoms with E-state index in [1.807, 2.05) is 18.2 Å². The Morgan fingerprint density at radius 2 is 1.95 bits per heavy atom. The summed E-state index contributed by atoms with van der Waals surface area (Å²) in [5.41, 5.74) is 0.966. The van der Waals surface area contributed by atoms with E-state index in [0.717, 1.165) is 37.2 Å². The summed E-state index contributed by atoms with van der Waals surface area (Å²) in [6.45, 7) is 1.77. The fourth-order valence-corrected chi connectivity index (χ4v) is 2.69. The Bertz CT molecular complexity index is 707. The third-order valence-corrected chi connectivity index (χ3v) is 3.84. The number of benzene rings is 1. The lowest BCUT2D eigenvalue weighted by molar-refractivity contribution is 0.0751. The Balaban J connectivity index is 1.48. The summed E-state index contributed by atoms with van der Waals surface area (Å²) in [6.07, 6.45) is 2.52. The summed E-state index contributed by atoms with van der Waals surface area (Å²) < 4.78 is 16.1. The maximum Gasteiger partial charge on any atom is 0.311 e. The van der Waals surface area contributed by atoms with Crippen molar-refractivity contribution in [2.45, 2.75) is 19.3 Å². The molecule has 0 N–H and O–H groups in total. The first-order valence-corrected chi connectivity index (χ1v) is 7.30. The van der Waals surface area contributed by atoms with Crippen molar-refractivity contribution in [1.82, 2.24) is 15.1 Å². The molecule has 0 radical (unpaired) electrons. The lowest BCUT2D eigenvalue weighted by atomic mass is 10.1. The number of aromatic nitrogens is 2. The quantitative estimate of drug-likeness (QED) is 0.857. The molecule has 1 aromatic heterocycles. The minimum absolute atomic E-state index is 0.0673. The van der Waals surface area contributed by atoms with Gasteiger partial charge in [-0.2, -0.15) is 0 Å². The lowest BCUT2D eigenvalue weighted by Crippen LogP contribution is -2.27. The van der Waals surface area contributed by atoms with Crippen molar-refractivity contribution < 1.29 is 18.7 Å². The van der Waals surface area contributed by atoms with Gasteiger partial charge in [0.15, 0.2) is 11.5 Å². The maximum absolute atomic E-state index is 12.2. The van der Waals surface area contributed by atoms with Crippen LogP contribution in [0.4, 0.5) is 0 Å². The Hall–Kier alpha value is -2.57. The van der Waals surface area contributed by atoms with Gasteiger partial charge >= 0.3 is 11.8 Å². The van der Waals surface area contributed by atoms with Crippen molar-refractivity contribution in [2.75, 3.05) is 19.9 Å². The van der Waals surface area contributed by atoms with Crippen molar-refractivity contribution in [2.24, 2.45) is 0 Å². The predicted molar refractivity (Wildman–Crippen MR) is 74.8 cm³/mol. The predicted octanol–water partition coefficient (Wildman–Crippen LogP) is 1.63. The normalized spacial score (nSPS) is 16.3. The highest BCUT2D eigenvalue weighted by molar-refractivity contribution is 5.89. The number of ether oxygens (including phenoxy) is 2. The third kappa shape index (κ3) is 2.38. The summed E-state index contributed by atoms with van der Waals surface area (Å²) in [5, 5.41) is 7.83.